The SMILES string of the molecule is CNC(CCc1ccc(C)cc1)c1sccc1Br. The van der Waals surface area contributed by atoms with Crippen LogP contribution in [-0.4, -0.2) is 7.05 Å². The second kappa shape index (κ2) is 6.50. The van der Waals surface area contributed by atoms with Crippen molar-refractivity contribution in [1.82, 2.24) is 5.32 Å². The van der Waals surface area contributed by atoms with E-state index < -0.39 is 0 Å². The molecule has 0 saturated heterocycles. The van der Waals surface area contributed by atoms with Gasteiger partial charge in [-0.3, -0.25) is 0 Å². The van der Waals surface area contributed by atoms with E-state index in [-0.39, 0.29) is 0 Å². The number of thiophene rings is 1. The Morgan fingerprint density at radius 1 is 1.22 bits per heavy atom. The number of hydrogen-bond acceptors (Lipinski definition) is 2. The Morgan fingerprint density at radius 3 is 2.50 bits per heavy atom. The predicted molar refractivity (Wildman–Crippen MR) is 83.3 cm³/mol. The second-order valence-corrected chi connectivity index (χ2v) is 6.30. The van der Waals surface area contributed by atoms with Crippen LogP contribution in [0.4, 0.5) is 0 Å². The van der Waals surface area contributed by atoms with Crippen molar-refractivity contribution in [3.05, 3.63) is 56.2 Å². The van der Waals surface area contributed by atoms with Crippen LogP contribution in [0, 0.1) is 6.92 Å². The molecule has 3 heteroatoms. The maximum Gasteiger partial charge on any atom is 0.0426 e. The summed E-state index contributed by atoms with van der Waals surface area (Å²) in [5.74, 6) is 0. The van der Waals surface area contributed by atoms with Gasteiger partial charge in [0.15, 0.2) is 0 Å². The Morgan fingerprint density at radius 2 is 1.94 bits per heavy atom. The summed E-state index contributed by atoms with van der Waals surface area (Å²) in [7, 11) is 2.03. The molecule has 1 aromatic carbocycles. The van der Waals surface area contributed by atoms with Gasteiger partial charge in [-0.05, 0) is 59.8 Å². The Hall–Kier alpha value is -0.640. The summed E-state index contributed by atoms with van der Waals surface area (Å²) in [6.07, 6.45) is 2.23. The number of nitrogens with one attached hydrogen (secondary N) is 1. The largest absolute Gasteiger partial charge is 0.312 e. The van der Waals surface area contributed by atoms with E-state index in [1.165, 1.54) is 20.5 Å². The Balaban J connectivity index is 2.00. The third-order valence-corrected chi connectivity index (χ3v) is 5.14. The molecule has 96 valence electrons. The topological polar surface area (TPSA) is 12.0 Å². The molecule has 0 spiro atoms. The number of rotatable bonds is 5. The lowest BCUT2D eigenvalue weighted by molar-refractivity contribution is 0.556. The molecular weight excluding hydrogens is 306 g/mol. The smallest absolute Gasteiger partial charge is 0.0426 e. The zero-order valence-electron chi connectivity index (χ0n) is 10.7. The average molecular weight is 324 g/mol. The molecule has 1 aromatic heterocycles. The molecule has 1 atom stereocenters. The second-order valence-electron chi connectivity index (χ2n) is 4.50. The molecule has 0 aliphatic rings. The summed E-state index contributed by atoms with van der Waals surface area (Å²) < 4.78 is 1.22. The van der Waals surface area contributed by atoms with Crippen LogP contribution in [0.5, 0.6) is 0 Å². The molecule has 1 heterocycles. The molecule has 0 saturated carbocycles. The third-order valence-electron chi connectivity index (χ3n) is 3.15. The average Bonchev–Trinajstić information content (AvgIpc) is 2.79. The molecule has 0 bridgehead atoms. The first-order valence-electron chi connectivity index (χ1n) is 6.16. The summed E-state index contributed by atoms with van der Waals surface area (Å²) in [6.45, 7) is 2.13. The summed E-state index contributed by atoms with van der Waals surface area (Å²) in [5.41, 5.74) is 2.73. The predicted octanol–water partition coefficient (Wildman–Crippen LogP) is 4.71. The normalized spacial score (nSPS) is 12.6. The lowest BCUT2D eigenvalue weighted by atomic mass is 10.0. The molecule has 2 rings (SSSR count). The number of hydrogen-bond donors (Lipinski definition) is 1. The Bertz CT molecular complexity index is 489. The fourth-order valence-electron chi connectivity index (χ4n) is 2.03. The standard InChI is InChI=1S/C15H18BrNS/c1-11-3-5-12(6-4-11)7-8-14(17-2)15-13(16)9-10-18-15/h3-6,9-10,14,17H,7-8H2,1-2H3. The van der Waals surface area contributed by atoms with Gasteiger partial charge in [0.05, 0.1) is 0 Å². The molecule has 0 fully saturated rings. The van der Waals surface area contributed by atoms with Gasteiger partial charge in [0.2, 0.25) is 0 Å². The van der Waals surface area contributed by atoms with Gasteiger partial charge in [0, 0.05) is 15.4 Å². The van der Waals surface area contributed by atoms with E-state index in [1.807, 2.05) is 18.4 Å². The molecule has 1 nitrogen and oxygen atoms in total. The van der Waals surface area contributed by atoms with Gasteiger partial charge in [-0.15, -0.1) is 11.3 Å². The summed E-state index contributed by atoms with van der Waals surface area (Å²) in [6, 6.07) is 11.4. The molecular formula is C15H18BrNS. The van der Waals surface area contributed by atoms with E-state index >= 15 is 0 Å². The van der Waals surface area contributed by atoms with Crippen LogP contribution < -0.4 is 5.32 Å². The van der Waals surface area contributed by atoms with Crippen molar-refractivity contribution in [1.29, 1.82) is 0 Å². The fraction of sp³-hybridized carbons (Fsp3) is 0.333. The van der Waals surface area contributed by atoms with Crippen molar-refractivity contribution in [3.63, 3.8) is 0 Å². The van der Waals surface area contributed by atoms with Crippen LogP contribution in [0.15, 0.2) is 40.2 Å². The molecule has 0 aliphatic heterocycles. The van der Waals surface area contributed by atoms with Crippen LogP contribution >= 0.6 is 27.3 Å². The van der Waals surface area contributed by atoms with E-state index in [2.05, 4.69) is 63.9 Å². The maximum atomic E-state index is 3.61. The summed E-state index contributed by atoms with van der Waals surface area (Å²) in [5, 5.41) is 5.54. The maximum absolute atomic E-state index is 3.61. The molecule has 1 unspecified atom stereocenters. The minimum Gasteiger partial charge on any atom is -0.312 e. The van der Waals surface area contributed by atoms with Crippen molar-refractivity contribution in [3.8, 4) is 0 Å². The molecule has 1 N–H and O–H groups in total. The highest BCUT2D eigenvalue weighted by molar-refractivity contribution is 9.10. The van der Waals surface area contributed by atoms with E-state index in [4.69, 9.17) is 0 Å². The molecule has 2 aromatic rings. The molecule has 0 amide bonds. The van der Waals surface area contributed by atoms with Crippen LogP contribution in [-0.2, 0) is 6.42 Å². The zero-order chi connectivity index (χ0) is 13.0. The highest BCUT2D eigenvalue weighted by Gasteiger charge is 2.13. The van der Waals surface area contributed by atoms with Crippen molar-refractivity contribution in [2.75, 3.05) is 7.05 Å². The van der Waals surface area contributed by atoms with Gasteiger partial charge in [0.1, 0.15) is 0 Å². The van der Waals surface area contributed by atoms with Crippen LogP contribution in [0.1, 0.15) is 28.5 Å². The van der Waals surface area contributed by atoms with Crippen LogP contribution in [0.3, 0.4) is 0 Å². The van der Waals surface area contributed by atoms with Crippen molar-refractivity contribution < 1.29 is 0 Å². The third kappa shape index (κ3) is 3.44. The van der Waals surface area contributed by atoms with Gasteiger partial charge >= 0.3 is 0 Å². The Labute approximate surface area is 121 Å². The van der Waals surface area contributed by atoms with Gasteiger partial charge < -0.3 is 5.32 Å². The van der Waals surface area contributed by atoms with Crippen molar-refractivity contribution in [2.24, 2.45) is 0 Å². The van der Waals surface area contributed by atoms with Crippen molar-refractivity contribution in [2.45, 2.75) is 25.8 Å². The lowest BCUT2D eigenvalue weighted by Gasteiger charge is -2.15. The Kier molecular flexibility index (Phi) is 4.98. The van der Waals surface area contributed by atoms with Crippen LogP contribution in [0.25, 0.3) is 0 Å². The quantitative estimate of drug-likeness (QED) is 0.840. The number of aryl methyl sites for hydroxylation is 2. The van der Waals surface area contributed by atoms with Gasteiger partial charge in [-0.1, -0.05) is 29.8 Å². The minimum absolute atomic E-state index is 0.431. The first-order valence-corrected chi connectivity index (χ1v) is 7.83. The van der Waals surface area contributed by atoms with E-state index in [0.717, 1.165) is 12.8 Å². The number of benzene rings is 1. The molecule has 0 aliphatic carbocycles. The van der Waals surface area contributed by atoms with E-state index in [1.54, 1.807) is 0 Å². The minimum atomic E-state index is 0.431. The van der Waals surface area contributed by atoms with E-state index in [0.29, 0.717) is 6.04 Å². The zero-order valence-corrected chi connectivity index (χ0v) is 13.1. The monoisotopic (exact) mass is 323 g/mol. The van der Waals surface area contributed by atoms with Gasteiger partial charge in [-0.25, -0.2) is 0 Å². The molecule has 18 heavy (non-hydrogen) atoms. The van der Waals surface area contributed by atoms with Gasteiger partial charge in [0.25, 0.3) is 0 Å². The van der Waals surface area contributed by atoms with Gasteiger partial charge in [-0.2, -0.15) is 0 Å². The summed E-state index contributed by atoms with van der Waals surface area (Å²) in [4.78, 5) is 1.39. The fourth-order valence-corrected chi connectivity index (χ4v) is 3.82. The highest BCUT2D eigenvalue weighted by atomic mass is 79.9. The number of halogens is 1. The summed E-state index contributed by atoms with van der Waals surface area (Å²) >= 11 is 5.42. The first-order chi connectivity index (χ1) is 8.70. The molecule has 0 radical (unpaired) electrons. The van der Waals surface area contributed by atoms with E-state index in [9.17, 15) is 0 Å². The lowest BCUT2D eigenvalue weighted by Crippen LogP contribution is -2.16. The van der Waals surface area contributed by atoms with Crippen LogP contribution in [0.2, 0.25) is 0 Å². The first kappa shape index (κ1) is 13.8. The highest BCUT2D eigenvalue weighted by Crippen LogP contribution is 2.31. The van der Waals surface area contributed by atoms with Crippen molar-refractivity contribution >= 4 is 27.3 Å².